The van der Waals surface area contributed by atoms with Gasteiger partial charge in [0, 0.05) is 0 Å². The van der Waals surface area contributed by atoms with Gasteiger partial charge >= 0.3 is 0 Å². The Balaban J connectivity index is 1.16. The molecule has 190 valence electrons. The first-order valence-corrected chi connectivity index (χ1v) is 14.6. The van der Waals surface area contributed by atoms with Crippen LogP contribution in [0.3, 0.4) is 0 Å². The molecule has 2 aromatic rings. The van der Waals surface area contributed by atoms with Gasteiger partial charge in [0.15, 0.2) is 0 Å². The lowest BCUT2D eigenvalue weighted by molar-refractivity contribution is 0.144. The second kappa shape index (κ2) is 14.0. The normalized spacial score (nSPS) is 25.2. The Kier molecular flexibility index (Phi) is 10.5. The quantitative estimate of drug-likeness (QED) is 0.224. The number of alkyl halides is 1. The molecule has 0 heterocycles. The fraction of sp³-hybridized carbons (Fsp3) is 0.588. The molecule has 2 fully saturated rings. The van der Waals surface area contributed by atoms with Crippen LogP contribution in [-0.2, 0) is 12.8 Å². The molecule has 35 heavy (non-hydrogen) atoms. The number of benzene rings is 2. The van der Waals surface area contributed by atoms with Gasteiger partial charge in [-0.05, 0) is 130 Å². The van der Waals surface area contributed by atoms with E-state index in [1.54, 1.807) is 0 Å². The zero-order valence-corrected chi connectivity index (χ0v) is 22.1. The Morgan fingerprint density at radius 1 is 0.657 bits per heavy atom. The molecule has 2 aliphatic carbocycles. The van der Waals surface area contributed by atoms with Crippen LogP contribution in [0.2, 0.25) is 0 Å². The zero-order valence-electron chi connectivity index (χ0n) is 22.1. The number of hydrogen-bond donors (Lipinski definition) is 0. The van der Waals surface area contributed by atoms with Crippen LogP contribution in [0.25, 0.3) is 11.1 Å². The molecule has 0 saturated heterocycles. The van der Waals surface area contributed by atoms with Gasteiger partial charge in [-0.15, -0.1) is 0 Å². The summed E-state index contributed by atoms with van der Waals surface area (Å²) in [4.78, 5) is 0. The first-order chi connectivity index (χ1) is 17.2. The minimum atomic E-state index is -0.204. The smallest absolute Gasteiger partial charge is 0.0894 e. The van der Waals surface area contributed by atoms with Gasteiger partial charge in [-0.1, -0.05) is 73.5 Å². The summed E-state index contributed by atoms with van der Waals surface area (Å²) in [7, 11) is 0. The maximum absolute atomic E-state index is 12.3. The van der Waals surface area contributed by atoms with Gasteiger partial charge in [0.25, 0.3) is 0 Å². The number of allylic oxidation sites excluding steroid dienone is 2. The highest BCUT2D eigenvalue weighted by Gasteiger charge is 2.30. The average molecular weight is 475 g/mol. The van der Waals surface area contributed by atoms with Crippen molar-refractivity contribution in [3.8, 4) is 11.1 Å². The Bertz CT molecular complexity index is 862. The number of halogens is 1. The highest BCUT2D eigenvalue weighted by molar-refractivity contribution is 5.64. The van der Waals surface area contributed by atoms with Crippen LogP contribution in [0.5, 0.6) is 0 Å². The summed E-state index contributed by atoms with van der Waals surface area (Å²) >= 11 is 0. The molecule has 1 heteroatoms. The molecule has 0 unspecified atom stereocenters. The first kappa shape index (κ1) is 26.2. The molecule has 2 aromatic carbocycles. The van der Waals surface area contributed by atoms with Crippen LogP contribution in [0.4, 0.5) is 4.39 Å². The summed E-state index contributed by atoms with van der Waals surface area (Å²) in [5.41, 5.74) is 5.37. The summed E-state index contributed by atoms with van der Waals surface area (Å²) in [6.45, 7) is 1.95. The van der Waals surface area contributed by atoms with E-state index in [1.165, 1.54) is 92.9 Å². The summed E-state index contributed by atoms with van der Waals surface area (Å²) in [5.74, 6) is 3.93. The third-order valence-corrected chi connectivity index (χ3v) is 9.09. The molecule has 0 aromatic heterocycles. The van der Waals surface area contributed by atoms with E-state index in [-0.39, 0.29) is 6.67 Å². The molecule has 0 amide bonds. The SMILES string of the molecule is CC=CC[C@H]1CC[C@H]([C@H]2CC[C@H](CCc3ccc(-c4ccc(CCCCF)cc4)cc3)CC2)CC1. The van der Waals surface area contributed by atoms with E-state index in [1.807, 2.05) is 0 Å². The molecule has 0 bridgehead atoms. The van der Waals surface area contributed by atoms with Gasteiger partial charge in [0.1, 0.15) is 0 Å². The van der Waals surface area contributed by atoms with Crippen molar-refractivity contribution in [2.24, 2.45) is 23.7 Å². The molecule has 0 spiro atoms. The van der Waals surface area contributed by atoms with Crippen molar-refractivity contribution in [3.63, 3.8) is 0 Å². The van der Waals surface area contributed by atoms with Crippen molar-refractivity contribution in [1.82, 2.24) is 0 Å². The van der Waals surface area contributed by atoms with E-state index >= 15 is 0 Å². The minimum absolute atomic E-state index is 0.204. The molecule has 2 aliphatic rings. The monoisotopic (exact) mass is 474 g/mol. The lowest BCUT2D eigenvalue weighted by Gasteiger charge is -2.37. The molecule has 0 N–H and O–H groups in total. The van der Waals surface area contributed by atoms with Crippen LogP contribution in [0.1, 0.15) is 95.1 Å². The molecular weight excluding hydrogens is 427 g/mol. The molecule has 4 rings (SSSR count). The first-order valence-electron chi connectivity index (χ1n) is 14.6. The lowest BCUT2D eigenvalue weighted by Crippen LogP contribution is -2.26. The number of aryl methyl sites for hydroxylation is 2. The fourth-order valence-electron chi connectivity index (χ4n) is 6.69. The van der Waals surface area contributed by atoms with Crippen molar-refractivity contribution in [2.75, 3.05) is 6.67 Å². The van der Waals surface area contributed by atoms with E-state index < -0.39 is 0 Å². The van der Waals surface area contributed by atoms with Crippen LogP contribution < -0.4 is 0 Å². The molecule has 0 nitrogen and oxygen atoms in total. The van der Waals surface area contributed by atoms with E-state index in [9.17, 15) is 4.39 Å². The standard InChI is InChI=1S/C34H47F/c1-2-3-6-27-10-18-31(19-11-27)33-22-14-29(15-23-33)8-9-30-16-24-34(25-17-30)32-20-12-28(13-21-32)7-4-5-26-35/h2-3,12-13,16-17,20-21,24-25,27,29,31,33H,4-11,14-15,18-19,22-23,26H2,1H3/t27-,29-,31-,33-. The summed E-state index contributed by atoms with van der Waals surface area (Å²) < 4.78 is 12.3. The van der Waals surface area contributed by atoms with Gasteiger partial charge < -0.3 is 0 Å². The second-order valence-corrected chi connectivity index (χ2v) is 11.4. The van der Waals surface area contributed by atoms with E-state index in [4.69, 9.17) is 0 Å². The van der Waals surface area contributed by atoms with Gasteiger partial charge in [-0.25, -0.2) is 0 Å². The van der Waals surface area contributed by atoms with Crippen LogP contribution in [-0.4, -0.2) is 6.67 Å². The molecule has 2 saturated carbocycles. The van der Waals surface area contributed by atoms with E-state index in [0.29, 0.717) is 6.42 Å². The summed E-state index contributed by atoms with van der Waals surface area (Å²) in [6.07, 6.45) is 22.9. The molecule has 0 aliphatic heterocycles. The lowest BCUT2D eigenvalue weighted by atomic mass is 9.68. The van der Waals surface area contributed by atoms with Crippen molar-refractivity contribution in [1.29, 1.82) is 0 Å². The van der Waals surface area contributed by atoms with Crippen LogP contribution in [0.15, 0.2) is 60.7 Å². The summed E-state index contributed by atoms with van der Waals surface area (Å²) in [5, 5.41) is 0. The van der Waals surface area contributed by atoms with Crippen LogP contribution in [0, 0.1) is 23.7 Å². The third kappa shape index (κ3) is 8.06. The number of rotatable bonds is 11. The molecule has 0 radical (unpaired) electrons. The predicted octanol–water partition coefficient (Wildman–Crippen LogP) is 10.2. The van der Waals surface area contributed by atoms with Crippen molar-refractivity contribution in [2.45, 2.75) is 96.8 Å². The van der Waals surface area contributed by atoms with E-state index in [2.05, 4.69) is 67.6 Å². The second-order valence-electron chi connectivity index (χ2n) is 11.4. The maximum Gasteiger partial charge on any atom is 0.0894 e. The Morgan fingerprint density at radius 2 is 1.17 bits per heavy atom. The Labute approximate surface area is 214 Å². The van der Waals surface area contributed by atoms with E-state index in [0.717, 1.165) is 36.5 Å². The third-order valence-electron chi connectivity index (χ3n) is 9.09. The van der Waals surface area contributed by atoms with Crippen molar-refractivity contribution >= 4 is 0 Å². The fourth-order valence-corrected chi connectivity index (χ4v) is 6.69. The summed E-state index contributed by atoms with van der Waals surface area (Å²) in [6, 6.07) is 18.1. The van der Waals surface area contributed by atoms with Crippen molar-refractivity contribution in [3.05, 3.63) is 71.8 Å². The predicted molar refractivity (Wildman–Crippen MR) is 149 cm³/mol. The zero-order chi connectivity index (χ0) is 24.3. The molecular formula is C34H47F. The van der Waals surface area contributed by atoms with Crippen molar-refractivity contribution < 1.29 is 4.39 Å². The highest BCUT2D eigenvalue weighted by Crippen LogP contribution is 2.42. The van der Waals surface area contributed by atoms with Gasteiger partial charge in [0.05, 0.1) is 6.67 Å². The highest BCUT2D eigenvalue weighted by atomic mass is 19.1. The average Bonchev–Trinajstić information content (AvgIpc) is 2.92. The van der Waals surface area contributed by atoms with Gasteiger partial charge in [-0.3, -0.25) is 4.39 Å². The topological polar surface area (TPSA) is 0 Å². The Morgan fingerprint density at radius 3 is 1.69 bits per heavy atom. The maximum atomic E-state index is 12.3. The largest absolute Gasteiger partial charge is 0.251 e. The minimum Gasteiger partial charge on any atom is -0.251 e. The van der Waals surface area contributed by atoms with Crippen LogP contribution >= 0.6 is 0 Å². The van der Waals surface area contributed by atoms with Gasteiger partial charge in [0.2, 0.25) is 0 Å². The Hall–Kier alpha value is -1.89. The number of unbranched alkanes of at least 4 members (excludes halogenated alkanes) is 1. The number of hydrogen-bond acceptors (Lipinski definition) is 0. The van der Waals surface area contributed by atoms with Gasteiger partial charge in [-0.2, -0.15) is 0 Å². The molecule has 0 atom stereocenters.